The monoisotopic (exact) mass is 359 g/mol. The van der Waals surface area contributed by atoms with Crippen molar-refractivity contribution in [2.75, 3.05) is 18.9 Å². The van der Waals surface area contributed by atoms with E-state index < -0.39 is 16.9 Å². The molecule has 2 N–H and O–H groups in total. The van der Waals surface area contributed by atoms with Crippen molar-refractivity contribution in [2.45, 2.75) is 12.8 Å². The van der Waals surface area contributed by atoms with E-state index in [1.807, 2.05) is 0 Å². The number of nitro groups is 1. The Bertz CT molecular complexity index is 564. The first kappa shape index (κ1) is 16.9. The molecule has 0 radical (unpaired) electrons. The molecule has 0 heterocycles. The summed E-state index contributed by atoms with van der Waals surface area (Å²) in [5.74, 6) is -0.926. The Kier molecular flexibility index (Phi) is 6.10. The highest BCUT2D eigenvalue weighted by Gasteiger charge is 2.14. The van der Waals surface area contributed by atoms with Gasteiger partial charge in [0.05, 0.1) is 10.6 Å². The second kappa shape index (κ2) is 7.58. The summed E-state index contributed by atoms with van der Waals surface area (Å²) in [6.45, 7) is 0.269. The van der Waals surface area contributed by atoms with Crippen LogP contribution in [0, 0.1) is 10.1 Å². The summed E-state index contributed by atoms with van der Waals surface area (Å²) in [7, 11) is 1.52. The molecule has 0 atom stereocenters. The fourth-order valence-corrected chi connectivity index (χ4v) is 1.85. The second-order valence-corrected chi connectivity index (χ2v) is 5.12. The van der Waals surface area contributed by atoms with Crippen molar-refractivity contribution in [2.24, 2.45) is 0 Å². The Morgan fingerprint density at radius 1 is 1.48 bits per heavy atom. The van der Waals surface area contributed by atoms with E-state index in [0.29, 0.717) is 10.9 Å². The largest absolute Gasteiger partial charge is 0.481 e. The molecule has 0 fully saturated rings. The number of urea groups is 1. The number of aliphatic carboxylic acids is 1. The Morgan fingerprint density at radius 3 is 2.71 bits per heavy atom. The normalized spacial score (nSPS) is 10.0. The Hall–Kier alpha value is -2.16. The van der Waals surface area contributed by atoms with Crippen molar-refractivity contribution in [3.63, 3.8) is 0 Å². The molecule has 114 valence electrons. The fourth-order valence-electron chi connectivity index (χ4n) is 1.50. The molecule has 0 bridgehead atoms. The summed E-state index contributed by atoms with van der Waals surface area (Å²) >= 11 is 3.20. The van der Waals surface area contributed by atoms with E-state index in [1.165, 1.54) is 30.1 Å². The first-order chi connectivity index (χ1) is 9.81. The van der Waals surface area contributed by atoms with Crippen molar-refractivity contribution in [3.05, 3.63) is 32.8 Å². The van der Waals surface area contributed by atoms with Crippen LogP contribution in [0.3, 0.4) is 0 Å². The van der Waals surface area contributed by atoms with Crippen molar-refractivity contribution >= 4 is 39.3 Å². The van der Waals surface area contributed by atoms with Gasteiger partial charge in [-0.3, -0.25) is 14.9 Å². The van der Waals surface area contributed by atoms with E-state index >= 15 is 0 Å². The number of benzene rings is 1. The van der Waals surface area contributed by atoms with Gasteiger partial charge in [0.15, 0.2) is 0 Å². The minimum atomic E-state index is -0.926. The van der Waals surface area contributed by atoms with Crippen LogP contribution >= 0.6 is 15.9 Å². The first-order valence-electron chi connectivity index (χ1n) is 5.99. The number of hydrogen-bond acceptors (Lipinski definition) is 4. The van der Waals surface area contributed by atoms with E-state index in [4.69, 9.17) is 5.11 Å². The number of nitrogens with zero attached hydrogens (tertiary/aromatic N) is 2. The lowest BCUT2D eigenvalue weighted by Crippen LogP contribution is -2.32. The van der Waals surface area contributed by atoms with Crippen LogP contribution in [0.1, 0.15) is 12.8 Å². The van der Waals surface area contributed by atoms with Crippen molar-refractivity contribution < 1.29 is 19.6 Å². The average Bonchev–Trinajstić information content (AvgIpc) is 2.40. The molecule has 0 saturated heterocycles. The van der Waals surface area contributed by atoms with E-state index in [9.17, 15) is 19.7 Å². The number of amides is 2. The molecule has 0 aliphatic heterocycles. The molecule has 1 rings (SSSR count). The van der Waals surface area contributed by atoms with Crippen LogP contribution in [0.2, 0.25) is 0 Å². The van der Waals surface area contributed by atoms with Crippen molar-refractivity contribution in [3.8, 4) is 0 Å². The molecule has 0 aliphatic rings. The second-order valence-electron chi connectivity index (χ2n) is 4.27. The van der Waals surface area contributed by atoms with Gasteiger partial charge in [0.25, 0.3) is 5.69 Å². The molecule has 1 aromatic carbocycles. The van der Waals surface area contributed by atoms with Gasteiger partial charge in [0, 0.05) is 36.6 Å². The molecule has 0 saturated carbocycles. The number of carbonyl (C=O) groups excluding carboxylic acids is 1. The number of halogens is 1. The highest BCUT2D eigenvalue weighted by Crippen LogP contribution is 2.27. The predicted octanol–water partition coefficient (Wildman–Crippen LogP) is 2.69. The molecule has 1 aromatic rings. The quantitative estimate of drug-likeness (QED) is 0.598. The number of hydrogen-bond donors (Lipinski definition) is 2. The van der Waals surface area contributed by atoms with Gasteiger partial charge >= 0.3 is 12.0 Å². The van der Waals surface area contributed by atoms with Crippen LogP contribution in [-0.4, -0.2) is 40.5 Å². The summed E-state index contributed by atoms with van der Waals surface area (Å²) < 4.78 is 0.514. The smallest absolute Gasteiger partial charge is 0.321 e. The maximum atomic E-state index is 11.9. The number of carboxylic acids is 1. The van der Waals surface area contributed by atoms with Gasteiger partial charge in [0.2, 0.25) is 0 Å². The zero-order valence-corrected chi connectivity index (χ0v) is 12.8. The van der Waals surface area contributed by atoms with E-state index in [1.54, 1.807) is 0 Å². The van der Waals surface area contributed by atoms with Gasteiger partial charge in [-0.1, -0.05) is 0 Å². The number of carbonyl (C=O) groups is 2. The van der Waals surface area contributed by atoms with Crippen LogP contribution in [-0.2, 0) is 4.79 Å². The highest BCUT2D eigenvalue weighted by atomic mass is 79.9. The molecule has 21 heavy (non-hydrogen) atoms. The van der Waals surface area contributed by atoms with Gasteiger partial charge in [-0.15, -0.1) is 0 Å². The van der Waals surface area contributed by atoms with Crippen LogP contribution in [0.4, 0.5) is 16.2 Å². The van der Waals surface area contributed by atoms with Crippen molar-refractivity contribution in [1.29, 1.82) is 0 Å². The maximum Gasteiger partial charge on any atom is 0.321 e. The molecular formula is C12H14BrN3O5. The van der Waals surface area contributed by atoms with Gasteiger partial charge in [-0.25, -0.2) is 4.79 Å². The van der Waals surface area contributed by atoms with Crippen LogP contribution < -0.4 is 5.32 Å². The van der Waals surface area contributed by atoms with Crippen LogP contribution in [0.15, 0.2) is 22.7 Å². The predicted molar refractivity (Wildman–Crippen MR) is 79.3 cm³/mol. The van der Waals surface area contributed by atoms with Crippen LogP contribution in [0.5, 0.6) is 0 Å². The molecule has 0 spiro atoms. The van der Waals surface area contributed by atoms with E-state index in [2.05, 4.69) is 21.2 Å². The van der Waals surface area contributed by atoms with Gasteiger partial charge in [-0.2, -0.15) is 0 Å². The molecule has 0 aliphatic carbocycles. The molecule has 8 nitrogen and oxygen atoms in total. The number of nitrogens with one attached hydrogen (secondary N) is 1. The Labute approximate surface area is 129 Å². The third-order valence-electron chi connectivity index (χ3n) is 2.63. The number of rotatable bonds is 6. The number of anilines is 1. The lowest BCUT2D eigenvalue weighted by atomic mass is 10.3. The number of nitro benzene ring substituents is 1. The topological polar surface area (TPSA) is 113 Å². The minimum Gasteiger partial charge on any atom is -0.481 e. The van der Waals surface area contributed by atoms with Crippen molar-refractivity contribution in [1.82, 2.24) is 4.90 Å². The van der Waals surface area contributed by atoms with Gasteiger partial charge in [-0.05, 0) is 28.4 Å². The third-order valence-corrected chi connectivity index (χ3v) is 3.32. The molecule has 9 heteroatoms. The SMILES string of the molecule is CN(CCCC(=O)O)C(=O)Nc1cc([N+](=O)[O-])ccc1Br. The van der Waals surface area contributed by atoms with Gasteiger partial charge in [0.1, 0.15) is 0 Å². The summed E-state index contributed by atoms with van der Waals surface area (Å²) in [6.07, 6.45) is 0.299. The number of non-ortho nitro benzene ring substituents is 1. The zero-order valence-electron chi connectivity index (χ0n) is 11.2. The molecule has 2 amide bonds. The lowest BCUT2D eigenvalue weighted by molar-refractivity contribution is -0.384. The Morgan fingerprint density at radius 2 is 2.14 bits per heavy atom. The first-order valence-corrected chi connectivity index (χ1v) is 6.78. The highest BCUT2D eigenvalue weighted by molar-refractivity contribution is 9.10. The summed E-state index contributed by atoms with van der Waals surface area (Å²) in [5.41, 5.74) is 0.140. The minimum absolute atomic E-state index is 0.0296. The lowest BCUT2D eigenvalue weighted by Gasteiger charge is -2.18. The summed E-state index contributed by atoms with van der Waals surface area (Å²) in [4.78, 5) is 33.8. The fraction of sp³-hybridized carbons (Fsp3) is 0.333. The number of carboxylic acid groups (broad SMARTS) is 1. The van der Waals surface area contributed by atoms with Gasteiger partial charge < -0.3 is 15.3 Å². The Balaban J connectivity index is 2.67. The standard InChI is InChI=1S/C12H14BrN3O5/c1-15(6-2-3-11(17)18)12(19)14-10-7-8(16(20)21)4-5-9(10)13/h4-5,7H,2-3,6H2,1H3,(H,14,19)(H,17,18). The average molecular weight is 360 g/mol. The molecule has 0 unspecified atom stereocenters. The summed E-state index contributed by atoms with van der Waals surface area (Å²) in [6, 6.07) is 3.56. The van der Waals surface area contributed by atoms with E-state index in [0.717, 1.165) is 0 Å². The third kappa shape index (κ3) is 5.38. The molecular weight excluding hydrogens is 346 g/mol. The van der Waals surface area contributed by atoms with Crippen LogP contribution in [0.25, 0.3) is 0 Å². The zero-order chi connectivity index (χ0) is 16.0. The molecule has 0 aromatic heterocycles. The maximum absolute atomic E-state index is 11.9. The summed E-state index contributed by atoms with van der Waals surface area (Å²) in [5, 5.41) is 21.8. The van der Waals surface area contributed by atoms with E-state index in [-0.39, 0.29) is 24.3 Å².